The highest BCUT2D eigenvalue weighted by molar-refractivity contribution is 6.03. The van der Waals surface area contributed by atoms with E-state index in [-0.39, 0.29) is 29.8 Å². The van der Waals surface area contributed by atoms with Gasteiger partial charge in [0.1, 0.15) is 40.8 Å². The first-order valence-corrected chi connectivity index (χ1v) is 22.6. The van der Waals surface area contributed by atoms with Gasteiger partial charge in [-0.1, -0.05) is 55.3 Å². The third kappa shape index (κ3) is 15.0. The molecule has 0 aliphatic carbocycles. The average Bonchev–Trinajstić information content (AvgIpc) is 4.06. The number of benzene rings is 3. The SMILES string of the molecule is CCCCOc1ccc(C2=N[C@H](C(=O)OC)CC2)cc1.COC(=O)[C@@H]1CC[C@H](c2ccc(C)cc2)N1C(=O)OC(C)(C)C.COC(=O)[C@@H]1CC[C@H](c2ccc(O)cc2)N1C(=O)OC(C)(C)C. The van der Waals surface area contributed by atoms with E-state index in [0.717, 1.165) is 66.0 Å². The van der Waals surface area contributed by atoms with Crippen LogP contribution >= 0.6 is 0 Å². The number of carbonyl (C=O) groups is 5. The number of phenols is 1. The van der Waals surface area contributed by atoms with Gasteiger partial charge in [0.05, 0.1) is 40.0 Å². The molecular formula is C51H69N3O12. The summed E-state index contributed by atoms with van der Waals surface area (Å²) in [6.07, 6.45) is 5.15. The van der Waals surface area contributed by atoms with Crippen LogP contribution in [0.15, 0.2) is 77.8 Å². The maximum Gasteiger partial charge on any atom is 0.411 e. The zero-order chi connectivity index (χ0) is 48.8. The number of esters is 3. The van der Waals surface area contributed by atoms with Crippen molar-refractivity contribution in [2.24, 2.45) is 4.99 Å². The van der Waals surface area contributed by atoms with E-state index in [4.69, 9.17) is 28.4 Å². The van der Waals surface area contributed by atoms with Crippen LogP contribution in [-0.4, -0.2) is 108 Å². The van der Waals surface area contributed by atoms with E-state index < -0.39 is 47.4 Å². The van der Waals surface area contributed by atoms with Crippen molar-refractivity contribution in [1.82, 2.24) is 9.80 Å². The van der Waals surface area contributed by atoms with Gasteiger partial charge < -0.3 is 33.5 Å². The normalized spacial score (nSPS) is 20.1. The summed E-state index contributed by atoms with van der Waals surface area (Å²) in [6, 6.07) is 20.5. The molecule has 360 valence electrons. The molecule has 15 heteroatoms. The summed E-state index contributed by atoms with van der Waals surface area (Å²) >= 11 is 0. The summed E-state index contributed by atoms with van der Waals surface area (Å²) in [4.78, 5) is 68.2. The molecule has 0 bridgehead atoms. The fraction of sp³-hybridized carbons (Fsp3) is 0.529. The average molecular weight is 916 g/mol. The Balaban J connectivity index is 0.000000217. The second-order valence-electron chi connectivity index (χ2n) is 18.4. The van der Waals surface area contributed by atoms with Gasteiger partial charge in [-0.15, -0.1) is 0 Å². The maximum atomic E-state index is 12.6. The van der Waals surface area contributed by atoms with Crippen LogP contribution < -0.4 is 4.74 Å². The molecule has 0 radical (unpaired) electrons. The third-order valence-electron chi connectivity index (χ3n) is 11.1. The molecule has 1 N–H and O–H groups in total. The fourth-order valence-corrected chi connectivity index (χ4v) is 7.83. The molecule has 2 amide bonds. The van der Waals surface area contributed by atoms with Gasteiger partial charge in [-0.3, -0.25) is 14.8 Å². The number of hydrogen-bond acceptors (Lipinski definition) is 13. The van der Waals surface area contributed by atoms with E-state index in [1.54, 1.807) is 45.0 Å². The number of methoxy groups -OCH3 is 3. The number of nitrogens with zero attached hydrogens (tertiary/aromatic N) is 3. The summed E-state index contributed by atoms with van der Waals surface area (Å²) in [7, 11) is 4.05. The Morgan fingerprint density at radius 2 is 1.09 bits per heavy atom. The van der Waals surface area contributed by atoms with Crippen molar-refractivity contribution in [3.63, 3.8) is 0 Å². The lowest BCUT2D eigenvalue weighted by atomic mass is 10.0. The second kappa shape index (κ2) is 23.9. The molecule has 0 saturated carbocycles. The Hall–Kier alpha value is -6.12. The smallest absolute Gasteiger partial charge is 0.411 e. The number of likely N-dealkylation sites (tertiary alicyclic amines) is 2. The molecule has 3 aromatic carbocycles. The first-order valence-electron chi connectivity index (χ1n) is 22.6. The molecule has 15 nitrogen and oxygen atoms in total. The highest BCUT2D eigenvalue weighted by Gasteiger charge is 2.45. The van der Waals surface area contributed by atoms with Gasteiger partial charge in [-0.2, -0.15) is 0 Å². The molecule has 2 fully saturated rings. The Morgan fingerprint density at radius 3 is 1.52 bits per heavy atom. The molecule has 5 atom stereocenters. The van der Waals surface area contributed by atoms with Gasteiger partial charge in [0.25, 0.3) is 0 Å². The van der Waals surface area contributed by atoms with Crippen molar-refractivity contribution < 1.29 is 57.5 Å². The number of rotatable bonds is 10. The number of carbonyl (C=O) groups excluding carboxylic acids is 5. The summed E-state index contributed by atoms with van der Waals surface area (Å²) in [6.45, 7) is 15.7. The van der Waals surface area contributed by atoms with Gasteiger partial charge in [0.15, 0.2) is 0 Å². The van der Waals surface area contributed by atoms with Crippen LogP contribution in [-0.2, 0) is 38.1 Å². The highest BCUT2D eigenvalue weighted by atomic mass is 16.6. The monoisotopic (exact) mass is 915 g/mol. The number of aliphatic imine (C=N–C) groups is 1. The topological polar surface area (TPSA) is 180 Å². The zero-order valence-electron chi connectivity index (χ0n) is 40.5. The van der Waals surface area contributed by atoms with Crippen LogP contribution in [0.3, 0.4) is 0 Å². The summed E-state index contributed by atoms with van der Waals surface area (Å²) in [5.74, 6) is -0.0625. The Bertz CT molecular complexity index is 2000. The van der Waals surface area contributed by atoms with Crippen molar-refractivity contribution in [3.8, 4) is 11.5 Å². The number of amides is 2. The van der Waals surface area contributed by atoms with E-state index in [1.807, 2.05) is 76.2 Å². The van der Waals surface area contributed by atoms with Crippen LogP contribution in [0.5, 0.6) is 11.5 Å². The minimum atomic E-state index is -0.659. The lowest BCUT2D eigenvalue weighted by Gasteiger charge is -2.31. The fourth-order valence-electron chi connectivity index (χ4n) is 7.83. The van der Waals surface area contributed by atoms with Gasteiger partial charge in [-0.05, 0) is 147 Å². The van der Waals surface area contributed by atoms with Crippen molar-refractivity contribution >= 4 is 35.8 Å². The lowest BCUT2D eigenvalue weighted by molar-refractivity contribution is -0.146. The predicted octanol–water partition coefficient (Wildman–Crippen LogP) is 9.60. The molecule has 2 saturated heterocycles. The lowest BCUT2D eigenvalue weighted by Crippen LogP contribution is -2.44. The van der Waals surface area contributed by atoms with Crippen molar-refractivity contribution in [3.05, 3.63) is 95.1 Å². The standard InChI is InChI=1S/C18H25NO4.C17H23NO5.C16H21NO3/c1-12-6-8-13(9-7-12)14-10-11-15(16(20)22-5)19(14)17(21)23-18(2,3)4;1-17(2,3)23-16(21)18-13(9-10-14(18)15(20)22-4)11-5-7-12(19)8-6-11;1-3-4-11-20-13-7-5-12(6-8-13)14-9-10-15(17-14)16(18)19-2/h6-9,14-15H,10-11H2,1-5H3;5-8,13-14,19H,9-10H2,1-4H3;5-8,15H,3-4,9-11H2,1-2H3/t14-,15+;13-,14+;15-/m110/s1. The van der Waals surface area contributed by atoms with Crippen molar-refractivity contribution in [2.75, 3.05) is 27.9 Å². The van der Waals surface area contributed by atoms with E-state index >= 15 is 0 Å². The molecule has 0 aromatic heterocycles. The Morgan fingerprint density at radius 1 is 0.636 bits per heavy atom. The maximum absolute atomic E-state index is 12.6. The number of ether oxygens (including phenoxy) is 6. The van der Waals surface area contributed by atoms with E-state index in [9.17, 15) is 29.1 Å². The largest absolute Gasteiger partial charge is 0.508 e. The Labute approximate surface area is 389 Å². The number of aryl methyl sites for hydroxylation is 1. The van der Waals surface area contributed by atoms with Gasteiger partial charge in [0.2, 0.25) is 0 Å². The van der Waals surface area contributed by atoms with E-state index in [0.29, 0.717) is 25.7 Å². The van der Waals surface area contributed by atoms with Gasteiger partial charge >= 0.3 is 30.1 Å². The minimum Gasteiger partial charge on any atom is -0.508 e. The molecule has 66 heavy (non-hydrogen) atoms. The minimum absolute atomic E-state index is 0.153. The van der Waals surface area contributed by atoms with Crippen molar-refractivity contribution in [2.45, 2.75) is 148 Å². The first kappa shape index (κ1) is 52.5. The molecule has 3 aliphatic rings. The molecule has 0 unspecified atom stereocenters. The van der Waals surface area contributed by atoms with Gasteiger partial charge in [-0.25, -0.2) is 24.0 Å². The summed E-state index contributed by atoms with van der Waals surface area (Å²) in [5.41, 5.74) is 3.77. The van der Waals surface area contributed by atoms with Crippen LogP contribution in [0.2, 0.25) is 0 Å². The van der Waals surface area contributed by atoms with E-state index in [1.165, 1.54) is 31.1 Å². The number of phenolic OH excluding ortho intramolecular Hbond substituents is 1. The second-order valence-corrected chi connectivity index (χ2v) is 18.4. The van der Waals surface area contributed by atoms with Crippen LogP contribution in [0.4, 0.5) is 9.59 Å². The summed E-state index contributed by atoms with van der Waals surface area (Å²) in [5, 5.41) is 9.43. The number of hydrogen-bond donors (Lipinski definition) is 1. The first-order chi connectivity index (χ1) is 31.2. The van der Waals surface area contributed by atoms with E-state index in [2.05, 4.69) is 11.9 Å². The molecule has 3 aromatic rings. The van der Waals surface area contributed by atoms with Crippen LogP contribution in [0.25, 0.3) is 0 Å². The molecule has 6 rings (SSSR count). The molecular weight excluding hydrogens is 847 g/mol. The Kier molecular flexibility index (Phi) is 19.0. The third-order valence-corrected chi connectivity index (χ3v) is 11.1. The van der Waals surface area contributed by atoms with Crippen LogP contribution in [0.1, 0.15) is 134 Å². The van der Waals surface area contributed by atoms with Crippen LogP contribution in [0, 0.1) is 6.92 Å². The molecule has 3 heterocycles. The molecule has 3 aliphatic heterocycles. The summed E-state index contributed by atoms with van der Waals surface area (Å²) < 4.78 is 31.0. The highest BCUT2D eigenvalue weighted by Crippen LogP contribution is 2.39. The molecule has 0 spiro atoms. The number of unbranched alkanes of at least 4 members (excludes halogenated alkanes) is 1. The van der Waals surface area contributed by atoms with Gasteiger partial charge in [0, 0.05) is 5.71 Å². The predicted molar refractivity (Wildman–Crippen MR) is 249 cm³/mol. The van der Waals surface area contributed by atoms with Crippen molar-refractivity contribution in [1.29, 1.82) is 0 Å². The number of aromatic hydroxyl groups is 1. The quantitative estimate of drug-likeness (QED) is 0.116. The zero-order valence-corrected chi connectivity index (χ0v) is 40.5.